The predicted octanol–water partition coefficient (Wildman–Crippen LogP) is 2.91. The number of hydrogen-bond donors (Lipinski definition) is 1. The highest BCUT2D eigenvalue weighted by atomic mass is 35.5. The summed E-state index contributed by atoms with van der Waals surface area (Å²) in [4.78, 5) is 0. The Balaban J connectivity index is 1.82. The van der Waals surface area contributed by atoms with E-state index in [-0.39, 0.29) is 6.10 Å². The van der Waals surface area contributed by atoms with Crippen LogP contribution in [-0.4, -0.2) is 25.6 Å². The monoisotopic (exact) mass is 253 g/mol. The molecule has 0 fully saturated rings. The lowest BCUT2D eigenvalue weighted by atomic mass is 9.97. The van der Waals surface area contributed by atoms with Crippen molar-refractivity contribution in [3.05, 3.63) is 35.4 Å². The third-order valence-electron chi connectivity index (χ3n) is 3.16. The average molecular weight is 254 g/mol. The molecule has 0 amide bonds. The molecular formula is C14H20ClNO. The van der Waals surface area contributed by atoms with Gasteiger partial charge in [-0.25, -0.2) is 0 Å². The molecule has 0 saturated heterocycles. The highest BCUT2D eigenvalue weighted by Gasteiger charge is 2.19. The maximum atomic E-state index is 5.82. The van der Waals surface area contributed by atoms with Gasteiger partial charge in [0.05, 0.1) is 12.7 Å². The van der Waals surface area contributed by atoms with Crippen molar-refractivity contribution in [1.82, 2.24) is 5.32 Å². The van der Waals surface area contributed by atoms with Gasteiger partial charge >= 0.3 is 0 Å². The molecule has 1 aromatic carbocycles. The second-order valence-electron chi connectivity index (χ2n) is 4.41. The molecule has 1 unspecified atom stereocenters. The molecule has 1 aliphatic heterocycles. The van der Waals surface area contributed by atoms with E-state index in [9.17, 15) is 0 Å². The molecule has 3 heteroatoms. The molecule has 0 radical (unpaired) electrons. The zero-order valence-electron chi connectivity index (χ0n) is 10.1. The molecular weight excluding hydrogens is 234 g/mol. The first-order valence-corrected chi connectivity index (χ1v) is 6.91. The van der Waals surface area contributed by atoms with Gasteiger partial charge in [-0.05, 0) is 36.9 Å². The zero-order valence-corrected chi connectivity index (χ0v) is 10.9. The number of alkyl halides is 1. The van der Waals surface area contributed by atoms with Gasteiger partial charge in [-0.15, -0.1) is 11.6 Å². The van der Waals surface area contributed by atoms with Gasteiger partial charge in [0.25, 0.3) is 0 Å². The average Bonchev–Trinajstić information content (AvgIpc) is 2.39. The number of benzene rings is 1. The van der Waals surface area contributed by atoms with Crippen LogP contribution in [0.15, 0.2) is 24.3 Å². The summed E-state index contributed by atoms with van der Waals surface area (Å²) in [6, 6.07) is 8.58. The maximum Gasteiger partial charge on any atom is 0.0952 e. The molecule has 94 valence electrons. The number of halogens is 1. The van der Waals surface area contributed by atoms with Crippen molar-refractivity contribution in [3.8, 4) is 0 Å². The molecule has 0 bridgehead atoms. The van der Waals surface area contributed by atoms with Crippen LogP contribution in [0.5, 0.6) is 0 Å². The minimum atomic E-state index is 0.218. The van der Waals surface area contributed by atoms with Gasteiger partial charge < -0.3 is 10.1 Å². The summed E-state index contributed by atoms with van der Waals surface area (Å²) in [6.45, 7) is 2.76. The van der Waals surface area contributed by atoms with Gasteiger partial charge in [0.1, 0.15) is 0 Å². The molecule has 17 heavy (non-hydrogen) atoms. The molecule has 0 spiro atoms. The van der Waals surface area contributed by atoms with E-state index in [4.69, 9.17) is 16.3 Å². The van der Waals surface area contributed by atoms with Crippen molar-refractivity contribution in [2.45, 2.75) is 25.4 Å². The molecule has 1 atom stereocenters. The number of rotatable bonds is 6. The van der Waals surface area contributed by atoms with E-state index >= 15 is 0 Å². The number of fused-ring (bicyclic) bond motifs is 1. The van der Waals surface area contributed by atoms with Crippen LogP contribution in [0.4, 0.5) is 0 Å². The standard InChI is InChI=1S/C14H20ClNO/c15-8-3-4-9-16-11-14-13-6-2-1-5-12(13)7-10-17-14/h1-2,5-6,14,16H,3-4,7-11H2. The van der Waals surface area contributed by atoms with E-state index in [0.717, 1.165) is 44.8 Å². The second-order valence-corrected chi connectivity index (χ2v) is 4.79. The van der Waals surface area contributed by atoms with Crippen molar-refractivity contribution in [2.24, 2.45) is 0 Å². The lowest BCUT2D eigenvalue weighted by Crippen LogP contribution is -2.28. The summed E-state index contributed by atoms with van der Waals surface area (Å²) < 4.78 is 5.82. The highest BCUT2D eigenvalue weighted by molar-refractivity contribution is 6.17. The van der Waals surface area contributed by atoms with Gasteiger partial charge in [0.15, 0.2) is 0 Å². The fourth-order valence-corrected chi connectivity index (χ4v) is 2.41. The quantitative estimate of drug-likeness (QED) is 0.622. The van der Waals surface area contributed by atoms with Crippen LogP contribution >= 0.6 is 11.6 Å². The van der Waals surface area contributed by atoms with Crippen molar-refractivity contribution >= 4 is 11.6 Å². The summed E-state index contributed by atoms with van der Waals surface area (Å²) in [6.07, 6.45) is 3.48. The number of hydrogen-bond acceptors (Lipinski definition) is 2. The Bertz CT molecular complexity index is 343. The highest BCUT2D eigenvalue weighted by Crippen LogP contribution is 2.26. The summed E-state index contributed by atoms with van der Waals surface area (Å²) in [5.74, 6) is 0.754. The second kappa shape index (κ2) is 7.00. The van der Waals surface area contributed by atoms with Crippen LogP contribution in [0.1, 0.15) is 30.1 Å². The molecule has 0 aliphatic carbocycles. The van der Waals surface area contributed by atoms with Gasteiger partial charge in [0.2, 0.25) is 0 Å². The van der Waals surface area contributed by atoms with Crippen molar-refractivity contribution < 1.29 is 4.74 Å². The first-order chi connectivity index (χ1) is 8.42. The van der Waals surface area contributed by atoms with E-state index in [0.29, 0.717) is 0 Å². The lowest BCUT2D eigenvalue weighted by Gasteiger charge is -2.26. The first-order valence-electron chi connectivity index (χ1n) is 6.38. The molecule has 0 saturated carbocycles. The van der Waals surface area contributed by atoms with E-state index in [1.54, 1.807) is 0 Å². The fraction of sp³-hybridized carbons (Fsp3) is 0.571. The normalized spacial score (nSPS) is 19.0. The SMILES string of the molecule is ClCCCCNCC1OCCc2ccccc21. The first kappa shape index (κ1) is 12.9. The number of unbranched alkanes of at least 4 members (excludes halogenated alkanes) is 1. The smallest absolute Gasteiger partial charge is 0.0952 e. The molecule has 1 aliphatic rings. The summed E-state index contributed by atoms with van der Waals surface area (Å²) >= 11 is 5.64. The van der Waals surface area contributed by atoms with Crippen molar-refractivity contribution in [2.75, 3.05) is 25.6 Å². The molecule has 1 N–H and O–H groups in total. The fourth-order valence-electron chi connectivity index (χ4n) is 2.22. The Labute approximate surface area is 108 Å². The van der Waals surface area contributed by atoms with E-state index in [1.165, 1.54) is 11.1 Å². The zero-order chi connectivity index (χ0) is 11.9. The summed E-state index contributed by atoms with van der Waals surface area (Å²) in [5, 5.41) is 3.45. The van der Waals surface area contributed by atoms with Gasteiger partial charge in [-0.3, -0.25) is 0 Å². The van der Waals surface area contributed by atoms with Gasteiger partial charge in [-0.1, -0.05) is 24.3 Å². The molecule has 0 aromatic heterocycles. The van der Waals surface area contributed by atoms with Crippen LogP contribution in [-0.2, 0) is 11.2 Å². The molecule has 1 aromatic rings. The van der Waals surface area contributed by atoms with Gasteiger partial charge in [-0.2, -0.15) is 0 Å². The van der Waals surface area contributed by atoms with Crippen LogP contribution in [0, 0.1) is 0 Å². The minimum absolute atomic E-state index is 0.218. The molecule has 2 rings (SSSR count). The van der Waals surface area contributed by atoms with Crippen molar-refractivity contribution in [3.63, 3.8) is 0 Å². The Morgan fingerprint density at radius 1 is 1.29 bits per heavy atom. The molecule has 2 nitrogen and oxygen atoms in total. The number of ether oxygens (including phenoxy) is 1. The third-order valence-corrected chi connectivity index (χ3v) is 3.43. The van der Waals surface area contributed by atoms with E-state index < -0.39 is 0 Å². The van der Waals surface area contributed by atoms with Crippen LogP contribution in [0.3, 0.4) is 0 Å². The largest absolute Gasteiger partial charge is 0.372 e. The number of nitrogens with one attached hydrogen (secondary N) is 1. The Kier molecular flexibility index (Phi) is 5.30. The van der Waals surface area contributed by atoms with Gasteiger partial charge in [0, 0.05) is 12.4 Å². The topological polar surface area (TPSA) is 21.3 Å². The summed E-state index contributed by atoms with van der Waals surface area (Å²) in [7, 11) is 0. The van der Waals surface area contributed by atoms with Crippen molar-refractivity contribution in [1.29, 1.82) is 0 Å². The van der Waals surface area contributed by atoms with Crippen LogP contribution in [0.25, 0.3) is 0 Å². The third kappa shape index (κ3) is 3.70. The maximum absolute atomic E-state index is 5.82. The van der Waals surface area contributed by atoms with E-state index in [1.807, 2.05) is 0 Å². The van der Waals surface area contributed by atoms with Crippen LogP contribution in [0.2, 0.25) is 0 Å². The van der Waals surface area contributed by atoms with E-state index in [2.05, 4.69) is 29.6 Å². The Hall–Kier alpha value is -0.570. The summed E-state index contributed by atoms with van der Waals surface area (Å²) in [5.41, 5.74) is 2.79. The minimum Gasteiger partial charge on any atom is -0.372 e. The predicted molar refractivity (Wildman–Crippen MR) is 71.7 cm³/mol. The van der Waals surface area contributed by atoms with Crippen LogP contribution < -0.4 is 5.32 Å². The lowest BCUT2D eigenvalue weighted by molar-refractivity contribution is 0.0426. The molecule has 1 heterocycles. The Morgan fingerprint density at radius 2 is 2.18 bits per heavy atom. The Morgan fingerprint density at radius 3 is 3.06 bits per heavy atom.